The molecule has 1 aromatic carbocycles. The predicted molar refractivity (Wildman–Crippen MR) is 75.7 cm³/mol. The second-order valence-corrected chi connectivity index (χ2v) is 6.04. The van der Waals surface area contributed by atoms with Gasteiger partial charge in [-0.05, 0) is 28.8 Å². The Balaban J connectivity index is 2.15. The van der Waals surface area contributed by atoms with Crippen molar-refractivity contribution in [2.24, 2.45) is 0 Å². The number of nitro groups is 1. The summed E-state index contributed by atoms with van der Waals surface area (Å²) in [6.07, 6.45) is 3.58. The highest BCUT2D eigenvalue weighted by Crippen LogP contribution is 2.53. The van der Waals surface area contributed by atoms with Crippen molar-refractivity contribution in [1.29, 1.82) is 0 Å². The summed E-state index contributed by atoms with van der Waals surface area (Å²) in [5, 5.41) is 24.1. The van der Waals surface area contributed by atoms with Gasteiger partial charge in [0.25, 0.3) is 17.0 Å². The van der Waals surface area contributed by atoms with Gasteiger partial charge in [-0.25, -0.2) is 0 Å². The van der Waals surface area contributed by atoms with Crippen LogP contribution in [0.25, 0.3) is 0 Å². The minimum absolute atomic E-state index is 0.0861. The molecule has 1 aliphatic carbocycles. The second kappa shape index (κ2) is 4.49. The van der Waals surface area contributed by atoms with E-state index in [2.05, 4.69) is 15.9 Å². The number of non-ortho nitro benzene ring substituents is 1. The fourth-order valence-electron chi connectivity index (χ4n) is 3.07. The van der Waals surface area contributed by atoms with Crippen molar-refractivity contribution >= 4 is 33.0 Å². The summed E-state index contributed by atoms with van der Waals surface area (Å²) in [5.41, 5.74) is -1.04. The zero-order valence-corrected chi connectivity index (χ0v) is 12.1. The van der Waals surface area contributed by atoms with E-state index in [0.717, 1.165) is 24.0 Å². The minimum Gasteiger partial charge on any atom is -0.753 e. The van der Waals surface area contributed by atoms with Crippen LogP contribution in [0.2, 0.25) is 0 Å². The summed E-state index contributed by atoms with van der Waals surface area (Å²) in [7, 11) is 0. The van der Waals surface area contributed by atoms with Crippen LogP contribution < -0.4 is 5.06 Å². The van der Waals surface area contributed by atoms with Crippen molar-refractivity contribution in [3.8, 4) is 0 Å². The van der Waals surface area contributed by atoms with Crippen molar-refractivity contribution in [3.05, 3.63) is 36.8 Å². The molecule has 2 aliphatic rings. The number of nitroso groups, excluding NO2 is 1. The van der Waals surface area contributed by atoms with E-state index in [-0.39, 0.29) is 17.1 Å². The molecule has 106 valence electrons. The molecule has 0 saturated heterocycles. The molecule has 0 unspecified atom stereocenters. The number of hydroxylamine groups is 1. The zero-order valence-electron chi connectivity index (χ0n) is 10.5. The fraction of sp³-hybridized carbons (Fsp3) is 0.500. The van der Waals surface area contributed by atoms with E-state index in [1.807, 2.05) is 0 Å². The van der Waals surface area contributed by atoms with Crippen molar-refractivity contribution in [1.82, 2.24) is 0 Å². The van der Waals surface area contributed by atoms with Crippen LogP contribution in [0.15, 0.2) is 16.6 Å². The lowest BCUT2D eigenvalue weighted by Crippen LogP contribution is -2.49. The molecule has 1 fully saturated rings. The van der Waals surface area contributed by atoms with Gasteiger partial charge in [0.15, 0.2) is 0 Å². The number of hydrogen-bond donors (Lipinski definition) is 0. The molecule has 0 radical (unpaired) electrons. The first kappa shape index (κ1) is 13.4. The topological polar surface area (TPSA) is 89.5 Å². The molecule has 8 heteroatoms. The quantitative estimate of drug-likeness (QED) is 0.440. The van der Waals surface area contributed by atoms with Crippen LogP contribution in [0.5, 0.6) is 0 Å². The van der Waals surface area contributed by atoms with Crippen LogP contribution in [0.3, 0.4) is 0 Å². The Morgan fingerprint density at radius 2 is 1.95 bits per heavy atom. The molecular weight excluding hydrogens is 330 g/mol. The summed E-state index contributed by atoms with van der Waals surface area (Å²) >= 11 is 3.17. The first-order valence-corrected chi connectivity index (χ1v) is 7.19. The van der Waals surface area contributed by atoms with E-state index in [9.17, 15) is 20.2 Å². The summed E-state index contributed by atoms with van der Waals surface area (Å²) in [6, 6.07) is 2.45. The van der Waals surface area contributed by atoms with Crippen LogP contribution in [0.4, 0.5) is 17.1 Å². The van der Waals surface area contributed by atoms with Gasteiger partial charge in [-0.2, -0.15) is 0 Å². The number of rotatable bonds is 1. The Bertz CT molecular complexity index is 613. The van der Waals surface area contributed by atoms with E-state index < -0.39 is 10.6 Å². The highest BCUT2D eigenvalue weighted by atomic mass is 79.9. The lowest BCUT2D eigenvalue weighted by molar-refractivity contribution is -0.548. The molecule has 1 aliphatic heterocycles. The Morgan fingerprint density at radius 1 is 1.30 bits per heavy atom. The summed E-state index contributed by atoms with van der Waals surface area (Å²) < 4.78 is 1.03. The standard InChI is InChI=1S/C12H12BrN3O4/c13-9-6-8(16(19)20)7-10-11(9)15(18)12(14(10)17)4-2-1-3-5-12/h6-7H,1-5H2. The smallest absolute Gasteiger partial charge is 0.296 e. The summed E-state index contributed by atoms with van der Waals surface area (Å²) in [4.78, 5) is 22.9. The monoisotopic (exact) mass is 341 g/mol. The van der Waals surface area contributed by atoms with E-state index in [1.54, 1.807) is 0 Å². The highest BCUT2D eigenvalue weighted by Gasteiger charge is 2.57. The van der Waals surface area contributed by atoms with Crippen LogP contribution in [-0.2, 0) is 0 Å². The normalized spacial score (nSPS) is 20.3. The molecule has 1 heterocycles. The van der Waals surface area contributed by atoms with Crippen molar-refractivity contribution < 1.29 is 9.68 Å². The largest absolute Gasteiger partial charge is 0.753 e. The number of nitro benzene ring substituents is 1. The maximum absolute atomic E-state index is 12.6. The highest BCUT2D eigenvalue weighted by molar-refractivity contribution is 9.10. The molecule has 1 saturated carbocycles. The Morgan fingerprint density at radius 3 is 2.55 bits per heavy atom. The number of hydrogen-bond acceptors (Lipinski definition) is 5. The van der Waals surface area contributed by atoms with Crippen LogP contribution in [0.1, 0.15) is 32.1 Å². The van der Waals surface area contributed by atoms with Gasteiger partial charge in [-0.1, -0.05) is 6.42 Å². The van der Waals surface area contributed by atoms with Gasteiger partial charge < -0.3 is 10.3 Å². The molecule has 1 aromatic rings. The average molecular weight is 342 g/mol. The number of fused-ring (bicyclic) bond motifs is 1. The molecular formula is C12H12BrN3O4. The zero-order chi connectivity index (χ0) is 14.5. The molecule has 3 rings (SSSR count). The van der Waals surface area contributed by atoms with Gasteiger partial charge in [-0.3, -0.25) is 10.1 Å². The van der Waals surface area contributed by atoms with Crippen molar-refractivity contribution in [3.63, 3.8) is 0 Å². The van der Waals surface area contributed by atoms with Gasteiger partial charge >= 0.3 is 0 Å². The number of halogens is 1. The summed E-state index contributed by atoms with van der Waals surface area (Å²) in [6.45, 7) is 0. The third-order valence-electron chi connectivity index (χ3n) is 4.07. The van der Waals surface area contributed by atoms with Crippen LogP contribution in [-0.4, -0.2) is 15.3 Å². The van der Waals surface area contributed by atoms with Crippen molar-refractivity contribution in [2.75, 3.05) is 5.06 Å². The Hall–Kier alpha value is -1.54. The fourth-order valence-corrected chi connectivity index (χ4v) is 3.67. The van der Waals surface area contributed by atoms with Gasteiger partial charge in [0.05, 0.1) is 9.68 Å². The third-order valence-corrected chi connectivity index (χ3v) is 4.68. The lowest BCUT2D eigenvalue weighted by Gasteiger charge is -2.38. The number of benzene rings is 1. The molecule has 0 bridgehead atoms. The minimum atomic E-state index is -1.13. The third kappa shape index (κ3) is 1.68. The van der Waals surface area contributed by atoms with E-state index >= 15 is 0 Å². The first-order valence-electron chi connectivity index (χ1n) is 6.40. The maximum atomic E-state index is 12.6. The van der Waals surface area contributed by atoms with Gasteiger partial charge in [0.1, 0.15) is 10.2 Å². The first-order chi connectivity index (χ1) is 9.47. The van der Waals surface area contributed by atoms with E-state index in [0.29, 0.717) is 22.4 Å². The molecule has 1 spiro atoms. The van der Waals surface area contributed by atoms with Crippen LogP contribution >= 0.6 is 15.9 Å². The molecule has 7 nitrogen and oxygen atoms in total. The van der Waals surface area contributed by atoms with Gasteiger partial charge in [-0.15, -0.1) is 0 Å². The summed E-state index contributed by atoms with van der Waals surface area (Å²) in [5.74, 6) is 0. The molecule has 0 atom stereocenters. The molecule has 0 aromatic heterocycles. The molecule has 20 heavy (non-hydrogen) atoms. The Kier molecular flexibility index (Phi) is 3.02. The van der Waals surface area contributed by atoms with Gasteiger partial charge in [0, 0.05) is 29.9 Å². The lowest BCUT2D eigenvalue weighted by atomic mass is 9.89. The number of nitrogens with zero attached hydrogens (tertiary/aromatic N) is 3. The number of anilines is 1. The van der Waals surface area contributed by atoms with E-state index in [1.165, 1.54) is 12.1 Å². The van der Waals surface area contributed by atoms with Crippen molar-refractivity contribution in [2.45, 2.75) is 37.8 Å². The van der Waals surface area contributed by atoms with Gasteiger partial charge in [0.2, 0.25) is 0 Å². The molecule has 0 N–H and O–H groups in total. The second-order valence-electron chi connectivity index (χ2n) is 5.18. The maximum Gasteiger partial charge on any atom is 0.296 e. The van der Waals surface area contributed by atoms with E-state index in [4.69, 9.17) is 0 Å². The Labute approximate surface area is 123 Å². The SMILES string of the molecule is O=[N+]([O-])c1cc(Br)c2c(c1)N([O-])C1(CCCCC1)[N+]2=O. The molecule has 0 amide bonds. The van der Waals surface area contributed by atoms with Crippen LogP contribution in [0, 0.1) is 20.2 Å². The average Bonchev–Trinajstić information content (AvgIpc) is 2.63. The predicted octanol–water partition coefficient (Wildman–Crippen LogP) is 3.75.